The van der Waals surface area contributed by atoms with Gasteiger partial charge in [0, 0.05) is 23.9 Å². The average molecular weight is 424 g/mol. The molecule has 0 aliphatic carbocycles. The molecular formula is C18H26BIN2O. The van der Waals surface area contributed by atoms with Crippen LogP contribution in [0, 0.1) is 0 Å². The van der Waals surface area contributed by atoms with Crippen molar-refractivity contribution in [1.29, 1.82) is 0 Å². The third-order valence-electron chi connectivity index (χ3n) is 5.74. The van der Waals surface area contributed by atoms with Crippen LogP contribution >= 0.6 is 23.0 Å². The van der Waals surface area contributed by atoms with Crippen molar-refractivity contribution in [2.24, 2.45) is 5.16 Å². The van der Waals surface area contributed by atoms with Gasteiger partial charge in [0.25, 0.3) is 0 Å². The van der Waals surface area contributed by atoms with Gasteiger partial charge in [-0.25, -0.2) is 0 Å². The Kier molecular flexibility index (Phi) is 5.07. The van der Waals surface area contributed by atoms with E-state index in [9.17, 15) is 0 Å². The lowest BCUT2D eigenvalue weighted by Crippen LogP contribution is -2.70. The first-order valence-corrected chi connectivity index (χ1v) is 9.52. The van der Waals surface area contributed by atoms with Gasteiger partial charge in [0.2, 0.25) is 29.9 Å². The van der Waals surface area contributed by atoms with Crippen molar-refractivity contribution in [2.45, 2.75) is 70.2 Å². The lowest BCUT2D eigenvalue weighted by atomic mass is 9.50. The largest absolute Gasteiger partial charge is 0.331 e. The maximum atomic E-state index is 5.07. The van der Waals surface area contributed by atoms with Crippen molar-refractivity contribution in [3.05, 3.63) is 35.9 Å². The number of rotatable bonds is 4. The summed E-state index contributed by atoms with van der Waals surface area (Å²) < 4.78 is 5.07. The van der Waals surface area contributed by atoms with Crippen LogP contribution in [0.25, 0.3) is 0 Å². The van der Waals surface area contributed by atoms with Crippen molar-refractivity contribution in [3.8, 4) is 0 Å². The molecule has 1 aromatic carbocycles. The molecule has 0 aromatic heterocycles. The molecule has 0 radical (unpaired) electrons. The molecule has 2 bridgehead atoms. The van der Waals surface area contributed by atoms with Crippen molar-refractivity contribution >= 4 is 35.6 Å². The Morgan fingerprint density at radius 1 is 1.17 bits per heavy atom. The fourth-order valence-electron chi connectivity index (χ4n) is 5.26. The Morgan fingerprint density at radius 3 is 2.35 bits per heavy atom. The first-order valence-electron chi connectivity index (χ1n) is 8.64. The van der Waals surface area contributed by atoms with Crippen LogP contribution in [0.5, 0.6) is 0 Å². The van der Waals surface area contributed by atoms with Gasteiger partial charge in [0.15, 0.2) is 0 Å². The summed E-state index contributed by atoms with van der Waals surface area (Å²) in [6, 6.07) is 10.9. The third-order valence-corrected chi connectivity index (χ3v) is 5.94. The number of benzene rings is 1. The van der Waals surface area contributed by atoms with E-state index in [-0.39, 0.29) is 11.1 Å². The fourth-order valence-corrected chi connectivity index (χ4v) is 5.53. The van der Waals surface area contributed by atoms with Crippen LogP contribution < -0.4 is 0 Å². The number of fused-ring (bicyclic) bond motifs is 2. The van der Waals surface area contributed by atoms with Gasteiger partial charge in [-0.2, -0.15) is 0 Å². The van der Waals surface area contributed by atoms with Crippen molar-refractivity contribution in [3.63, 3.8) is 0 Å². The van der Waals surface area contributed by atoms with E-state index in [0.717, 1.165) is 19.2 Å². The summed E-state index contributed by atoms with van der Waals surface area (Å²) in [5, 5.41) is 4.31. The molecule has 2 fully saturated rings. The molecule has 0 amide bonds. The van der Waals surface area contributed by atoms with E-state index in [4.69, 9.17) is 3.17 Å². The SMILES string of the molecule is CB(Cc1ccccc1)N1C2(C)CCCC1(C)CC(=NOI)C2. The molecule has 2 aliphatic heterocycles. The topological polar surface area (TPSA) is 24.8 Å². The van der Waals surface area contributed by atoms with Crippen LogP contribution in [-0.4, -0.2) is 28.4 Å². The number of oxime groups is 1. The van der Waals surface area contributed by atoms with Crippen LogP contribution in [0.15, 0.2) is 35.5 Å². The first-order chi connectivity index (χ1) is 11.0. The van der Waals surface area contributed by atoms with Gasteiger partial charge in [-0.3, -0.25) is 0 Å². The minimum Gasteiger partial charge on any atom is -0.331 e. The summed E-state index contributed by atoms with van der Waals surface area (Å²) in [7, 11) is 0. The first kappa shape index (κ1) is 17.3. The fraction of sp³-hybridized carbons (Fsp3) is 0.611. The lowest BCUT2D eigenvalue weighted by Gasteiger charge is -2.61. The molecule has 3 nitrogen and oxygen atoms in total. The smallest absolute Gasteiger partial charge is 0.230 e. The highest BCUT2D eigenvalue weighted by atomic mass is 127. The zero-order valence-corrected chi connectivity index (χ0v) is 16.5. The van der Waals surface area contributed by atoms with Gasteiger partial charge in [0.1, 0.15) is 0 Å². The molecule has 2 heterocycles. The van der Waals surface area contributed by atoms with E-state index in [2.05, 4.69) is 61.0 Å². The summed E-state index contributed by atoms with van der Waals surface area (Å²) in [6.07, 6.45) is 7.00. The standard InChI is InChI=1S/C18H26BIN2O/c1-17-10-7-11-18(2,13-16(12-17)21-23-20)22(17)19(3)14-15-8-5-4-6-9-15/h4-6,8-9H,7,10-14H2,1-3H3. The monoisotopic (exact) mass is 424 g/mol. The van der Waals surface area contributed by atoms with Gasteiger partial charge in [-0.15, -0.1) is 0 Å². The Balaban J connectivity index is 1.87. The van der Waals surface area contributed by atoms with Gasteiger partial charge in [-0.05, 0) is 39.4 Å². The molecule has 1 aromatic rings. The Bertz CT molecular complexity index is 560. The van der Waals surface area contributed by atoms with Gasteiger partial charge < -0.3 is 7.98 Å². The van der Waals surface area contributed by atoms with Gasteiger partial charge >= 0.3 is 0 Å². The quantitative estimate of drug-likeness (QED) is 0.390. The highest BCUT2D eigenvalue weighted by Gasteiger charge is 2.53. The Morgan fingerprint density at radius 2 is 1.78 bits per heavy atom. The highest BCUT2D eigenvalue weighted by Crippen LogP contribution is 2.48. The minimum absolute atomic E-state index is 0.202. The van der Waals surface area contributed by atoms with Crippen LogP contribution in [0.1, 0.15) is 51.5 Å². The molecule has 2 aliphatic rings. The molecule has 0 N–H and O–H groups in total. The predicted octanol–water partition coefficient (Wildman–Crippen LogP) is 4.91. The molecular weight excluding hydrogens is 398 g/mol. The molecule has 23 heavy (non-hydrogen) atoms. The Hall–Kier alpha value is -0.555. The highest BCUT2D eigenvalue weighted by molar-refractivity contribution is 14.1. The number of hydrogen-bond donors (Lipinski definition) is 0. The summed E-state index contributed by atoms with van der Waals surface area (Å²) in [6.45, 7) is 7.78. The van der Waals surface area contributed by atoms with E-state index >= 15 is 0 Å². The van der Waals surface area contributed by atoms with Crippen LogP contribution in [0.3, 0.4) is 0 Å². The molecule has 2 saturated heterocycles. The van der Waals surface area contributed by atoms with Crippen LogP contribution in [0.4, 0.5) is 0 Å². The molecule has 2 unspecified atom stereocenters. The van der Waals surface area contributed by atoms with E-state index in [1.165, 1.54) is 30.5 Å². The second-order valence-corrected chi connectivity index (χ2v) is 8.23. The lowest BCUT2D eigenvalue weighted by molar-refractivity contribution is 0.0166. The van der Waals surface area contributed by atoms with Crippen LogP contribution in [0.2, 0.25) is 6.82 Å². The van der Waals surface area contributed by atoms with E-state index in [1.807, 2.05) is 23.0 Å². The molecule has 0 spiro atoms. The van der Waals surface area contributed by atoms with Gasteiger partial charge in [-0.1, -0.05) is 47.9 Å². The molecule has 3 rings (SSSR count). The van der Waals surface area contributed by atoms with Gasteiger partial charge in [0.05, 0.1) is 5.71 Å². The molecule has 5 heteroatoms. The maximum Gasteiger partial charge on any atom is 0.230 e. The average Bonchev–Trinajstić information content (AvgIpc) is 2.46. The van der Waals surface area contributed by atoms with Crippen LogP contribution in [-0.2, 0) is 9.49 Å². The number of halogens is 1. The summed E-state index contributed by atoms with van der Waals surface area (Å²) in [4.78, 5) is 2.81. The normalized spacial score (nSPS) is 30.9. The number of hydrogen-bond acceptors (Lipinski definition) is 3. The molecule has 0 saturated carbocycles. The van der Waals surface area contributed by atoms with E-state index in [1.54, 1.807) is 0 Å². The number of piperidine rings is 2. The predicted molar refractivity (Wildman–Crippen MR) is 106 cm³/mol. The van der Waals surface area contributed by atoms with Crippen molar-refractivity contribution in [1.82, 2.24) is 4.81 Å². The molecule has 124 valence electrons. The summed E-state index contributed by atoms with van der Waals surface area (Å²) >= 11 is 1.88. The van der Waals surface area contributed by atoms with Crippen molar-refractivity contribution in [2.75, 3.05) is 0 Å². The maximum absolute atomic E-state index is 5.07. The summed E-state index contributed by atoms with van der Waals surface area (Å²) in [5.41, 5.74) is 3.06. The minimum atomic E-state index is 0.202. The zero-order chi connectivity index (χ0) is 16.5. The Labute approximate surface area is 154 Å². The number of nitrogens with zero attached hydrogens (tertiary/aromatic N) is 2. The zero-order valence-electron chi connectivity index (χ0n) is 14.4. The third kappa shape index (κ3) is 3.45. The van der Waals surface area contributed by atoms with Crippen molar-refractivity contribution < 1.29 is 3.17 Å². The summed E-state index contributed by atoms with van der Waals surface area (Å²) in [5.74, 6) is 0. The second-order valence-electron chi connectivity index (χ2n) is 7.84. The second kappa shape index (κ2) is 6.75. The van der Waals surface area contributed by atoms with E-state index < -0.39 is 0 Å². The molecule has 2 atom stereocenters. The van der Waals surface area contributed by atoms with E-state index in [0.29, 0.717) is 6.85 Å².